The first-order valence-corrected chi connectivity index (χ1v) is 5.44. The number of carbonyl (C=O) groups excluding carboxylic acids is 1. The summed E-state index contributed by atoms with van der Waals surface area (Å²) >= 11 is 0. The van der Waals surface area contributed by atoms with Crippen LogP contribution in [0.15, 0.2) is 30.7 Å². The van der Waals surface area contributed by atoms with Crippen molar-refractivity contribution in [3.8, 4) is 5.69 Å². The second-order valence-corrected chi connectivity index (χ2v) is 3.66. The Morgan fingerprint density at radius 2 is 2.41 bits per heavy atom. The smallest absolute Gasteiger partial charge is 0.153 e. The molecule has 0 aliphatic carbocycles. The van der Waals surface area contributed by atoms with Crippen LogP contribution in [0.2, 0.25) is 0 Å². The van der Waals surface area contributed by atoms with Gasteiger partial charge in [0.15, 0.2) is 6.29 Å². The summed E-state index contributed by atoms with van der Waals surface area (Å²) in [6, 6.07) is 3.74. The first-order chi connectivity index (χ1) is 8.35. The van der Waals surface area contributed by atoms with Crippen LogP contribution in [0.3, 0.4) is 0 Å². The number of rotatable bonds is 5. The van der Waals surface area contributed by atoms with Crippen molar-refractivity contribution in [1.82, 2.24) is 20.1 Å². The number of pyridine rings is 1. The average Bonchev–Trinajstić information content (AvgIpc) is 2.80. The van der Waals surface area contributed by atoms with Crippen LogP contribution in [-0.2, 0) is 6.42 Å². The predicted octanol–water partition coefficient (Wildman–Crippen LogP) is 0.842. The topological polar surface area (TPSA) is 59.8 Å². The maximum absolute atomic E-state index is 10.9. The van der Waals surface area contributed by atoms with Crippen molar-refractivity contribution in [2.75, 3.05) is 13.6 Å². The van der Waals surface area contributed by atoms with Gasteiger partial charge in [-0.15, -0.1) is 0 Å². The van der Waals surface area contributed by atoms with Gasteiger partial charge in [-0.1, -0.05) is 0 Å². The monoisotopic (exact) mass is 230 g/mol. The number of hydrogen-bond donors (Lipinski definition) is 1. The zero-order chi connectivity index (χ0) is 12.1. The molecule has 0 fully saturated rings. The van der Waals surface area contributed by atoms with E-state index in [0.29, 0.717) is 5.56 Å². The van der Waals surface area contributed by atoms with Gasteiger partial charge in [-0.2, -0.15) is 5.10 Å². The molecule has 0 aliphatic rings. The van der Waals surface area contributed by atoms with E-state index in [1.165, 1.54) is 0 Å². The summed E-state index contributed by atoms with van der Waals surface area (Å²) in [5, 5.41) is 7.43. The van der Waals surface area contributed by atoms with Gasteiger partial charge in [0.05, 0.1) is 23.1 Å². The van der Waals surface area contributed by atoms with E-state index < -0.39 is 0 Å². The van der Waals surface area contributed by atoms with Crippen LogP contribution in [0.4, 0.5) is 0 Å². The van der Waals surface area contributed by atoms with Gasteiger partial charge in [0, 0.05) is 25.4 Å². The fraction of sp³-hybridized carbons (Fsp3) is 0.250. The molecule has 0 amide bonds. The molecule has 2 rings (SSSR count). The molecule has 0 saturated carbocycles. The molecule has 2 aromatic rings. The van der Waals surface area contributed by atoms with Gasteiger partial charge in [0.25, 0.3) is 0 Å². The summed E-state index contributed by atoms with van der Waals surface area (Å²) in [7, 11) is 1.87. The standard InChI is InChI=1S/C12H14N4O/c1-13-6-4-12-10(9-17)8-16(15-12)11-3-2-5-14-7-11/h2-3,5,7-9,13H,4,6H2,1H3. The Labute approximate surface area is 99.5 Å². The van der Waals surface area contributed by atoms with E-state index >= 15 is 0 Å². The molecule has 0 saturated heterocycles. The molecule has 0 bridgehead atoms. The first kappa shape index (κ1) is 11.5. The van der Waals surface area contributed by atoms with Gasteiger partial charge in [0.2, 0.25) is 0 Å². The molecule has 1 N–H and O–H groups in total. The minimum atomic E-state index is 0.629. The van der Waals surface area contributed by atoms with E-state index in [9.17, 15) is 4.79 Å². The third kappa shape index (κ3) is 2.57. The Bertz CT molecular complexity index is 492. The second-order valence-electron chi connectivity index (χ2n) is 3.66. The Morgan fingerprint density at radius 3 is 3.06 bits per heavy atom. The molecule has 0 unspecified atom stereocenters. The number of aromatic nitrogens is 3. The number of nitrogens with zero attached hydrogens (tertiary/aromatic N) is 3. The van der Waals surface area contributed by atoms with E-state index in [0.717, 1.165) is 30.6 Å². The van der Waals surface area contributed by atoms with E-state index in [-0.39, 0.29) is 0 Å². The Morgan fingerprint density at radius 1 is 1.53 bits per heavy atom. The van der Waals surface area contributed by atoms with Gasteiger partial charge < -0.3 is 5.32 Å². The van der Waals surface area contributed by atoms with Gasteiger partial charge in [-0.3, -0.25) is 9.78 Å². The molecule has 0 aromatic carbocycles. The van der Waals surface area contributed by atoms with Gasteiger partial charge in [-0.25, -0.2) is 4.68 Å². The Kier molecular flexibility index (Phi) is 3.62. The number of carbonyl (C=O) groups is 1. The van der Waals surface area contributed by atoms with Crippen LogP contribution in [-0.4, -0.2) is 34.6 Å². The lowest BCUT2D eigenvalue weighted by Crippen LogP contribution is -2.11. The van der Waals surface area contributed by atoms with E-state index in [4.69, 9.17) is 0 Å². The second kappa shape index (κ2) is 5.36. The van der Waals surface area contributed by atoms with Crippen molar-refractivity contribution >= 4 is 6.29 Å². The minimum Gasteiger partial charge on any atom is -0.319 e. The van der Waals surface area contributed by atoms with Crippen molar-refractivity contribution in [3.05, 3.63) is 42.0 Å². The predicted molar refractivity (Wildman–Crippen MR) is 64.4 cm³/mol. The molecule has 0 aliphatic heterocycles. The lowest BCUT2D eigenvalue weighted by Gasteiger charge is -1.99. The largest absolute Gasteiger partial charge is 0.319 e. The summed E-state index contributed by atoms with van der Waals surface area (Å²) in [5.41, 5.74) is 2.29. The molecule has 0 spiro atoms. The number of aldehydes is 1. The van der Waals surface area contributed by atoms with Crippen molar-refractivity contribution in [1.29, 1.82) is 0 Å². The molecular formula is C12H14N4O. The van der Waals surface area contributed by atoms with Crippen molar-refractivity contribution in [2.24, 2.45) is 0 Å². The number of hydrogen-bond acceptors (Lipinski definition) is 4. The highest BCUT2D eigenvalue weighted by Crippen LogP contribution is 2.10. The average molecular weight is 230 g/mol. The Balaban J connectivity index is 2.31. The highest BCUT2D eigenvalue weighted by molar-refractivity contribution is 5.76. The highest BCUT2D eigenvalue weighted by atomic mass is 16.1. The number of likely N-dealkylation sites (N-methyl/N-ethyl adjacent to an activating group) is 1. The molecule has 5 nitrogen and oxygen atoms in total. The molecule has 2 aromatic heterocycles. The summed E-state index contributed by atoms with van der Waals surface area (Å²) in [6.07, 6.45) is 6.72. The molecule has 17 heavy (non-hydrogen) atoms. The summed E-state index contributed by atoms with van der Waals surface area (Å²) in [6.45, 7) is 0.797. The highest BCUT2D eigenvalue weighted by Gasteiger charge is 2.08. The quantitative estimate of drug-likeness (QED) is 0.773. The first-order valence-electron chi connectivity index (χ1n) is 5.44. The van der Waals surface area contributed by atoms with Crippen molar-refractivity contribution in [3.63, 3.8) is 0 Å². The van der Waals surface area contributed by atoms with Crippen LogP contribution >= 0.6 is 0 Å². The summed E-state index contributed by atoms with van der Waals surface area (Å²) in [4.78, 5) is 15.0. The van der Waals surface area contributed by atoms with Crippen molar-refractivity contribution in [2.45, 2.75) is 6.42 Å². The summed E-state index contributed by atoms with van der Waals surface area (Å²) < 4.78 is 1.68. The third-order valence-electron chi connectivity index (χ3n) is 2.47. The van der Waals surface area contributed by atoms with Gasteiger partial charge >= 0.3 is 0 Å². The van der Waals surface area contributed by atoms with Crippen LogP contribution < -0.4 is 5.32 Å². The summed E-state index contributed by atoms with van der Waals surface area (Å²) in [5.74, 6) is 0. The molecular weight excluding hydrogens is 216 g/mol. The molecule has 5 heteroatoms. The molecule has 2 heterocycles. The maximum atomic E-state index is 10.9. The lowest BCUT2D eigenvalue weighted by molar-refractivity contribution is 0.112. The molecule has 0 radical (unpaired) electrons. The SMILES string of the molecule is CNCCc1nn(-c2cccnc2)cc1C=O. The fourth-order valence-electron chi connectivity index (χ4n) is 1.58. The van der Waals surface area contributed by atoms with E-state index in [1.807, 2.05) is 19.2 Å². The lowest BCUT2D eigenvalue weighted by atomic mass is 10.2. The van der Waals surface area contributed by atoms with E-state index in [1.54, 1.807) is 23.3 Å². The zero-order valence-corrected chi connectivity index (χ0v) is 9.63. The van der Waals surface area contributed by atoms with Crippen LogP contribution in [0.25, 0.3) is 5.69 Å². The van der Waals surface area contributed by atoms with Crippen LogP contribution in [0.5, 0.6) is 0 Å². The fourth-order valence-corrected chi connectivity index (χ4v) is 1.58. The van der Waals surface area contributed by atoms with Crippen LogP contribution in [0, 0.1) is 0 Å². The normalized spacial score (nSPS) is 10.4. The zero-order valence-electron chi connectivity index (χ0n) is 9.63. The molecule has 0 atom stereocenters. The minimum absolute atomic E-state index is 0.629. The van der Waals surface area contributed by atoms with Crippen LogP contribution in [0.1, 0.15) is 16.1 Å². The number of nitrogens with one attached hydrogen (secondary N) is 1. The Hall–Kier alpha value is -2.01. The third-order valence-corrected chi connectivity index (χ3v) is 2.47. The van der Waals surface area contributed by atoms with E-state index in [2.05, 4.69) is 15.4 Å². The maximum Gasteiger partial charge on any atom is 0.153 e. The molecule has 88 valence electrons. The van der Waals surface area contributed by atoms with Gasteiger partial charge in [-0.05, 0) is 19.2 Å². The van der Waals surface area contributed by atoms with Gasteiger partial charge in [0.1, 0.15) is 0 Å². The van der Waals surface area contributed by atoms with Crippen molar-refractivity contribution < 1.29 is 4.79 Å².